The number of hydrogen-bond acceptors (Lipinski definition) is 3. The highest BCUT2D eigenvalue weighted by Crippen LogP contribution is 2.40. The van der Waals surface area contributed by atoms with E-state index in [4.69, 9.17) is 4.74 Å². The Morgan fingerprint density at radius 2 is 1.48 bits per heavy atom. The van der Waals surface area contributed by atoms with E-state index in [1.807, 2.05) is 32.0 Å². The predicted molar refractivity (Wildman–Crippen MR) is 97.8 cm³/mol. The molecular formula is C20H22N2O3. The Kier molecular flexibility index (Phi) is 4.74. The minimum atomic E-state index is -0.272. The summed E-state index contributed by atoms with van der Waals surface area (Å²) in [5.41, 5.74) is 3.58. The van der Waals surface area contributed by atoms with Gasteiger partial charge in [0.15, 0.2) is 0 Å². The van der Waals surface area contributed by atoms with Crippen LogP contribution in [0, 0.1) is 25.7 Å². The van der Waals surface area contributed by atoms with Crippen molar-refractivity contribution in [2.45, 2.75) is 20.3 Å². The second-order valence-corrected chi connectivity index (χ2v) is 6.42. The minimum absolute atomic E-state index is 0.0905. The van der Waals surface area contributed by atoms with Crippen molar-refractivity contribution in [3.63, 3.8) is 0 Å². The first-order valence-electron chi connectivity index (χ1n) is 8.31. The maximum atomic E-state index is 12.4. The third-order valence-corrected chi connectivity index (χ3v) is 4.55. The van der Waals surface area contributed by atoms with Crippen LogP contribution >= 0.6 is 0 Å². The van der Waals surface area contributed by atoms with E-state index in [2.05, 4.69) is 10.6 Å². The number of carbonyl (C=O) groups is 2. The van der Waals surface area contributed by atoms with Crippen molar-refractivity contribution in [1.29, 1.82) is 0 Å². The Balaban J connectivity index is 1.57. The molecule has 0 heterocycles. The summed E-state index contributed by atoms with van der Waals surface area (Å²) in [6.07, 6.45) is 0.582. The molecule has 2 amide bonds. The number of carbonyl (C=O) groups excluding carboxylic acids is 2. The van der Waals surface area contributed by atoms with Gasteiger partial charge < -0.3 is 15.4 Å². The highest BCUT2D eigenvalue weighted by atomic mass is 16.5. The summed E-state index contributed by atoms with van der Waals surface area (Å²) in [6, 6.07) is 13.0. The van der Waals surface area contributed by atoms with E-state index in [-0.39, 0.29) is 23.7 Å². The molecule has 1 fully saturated rings. The summed E-state index contributed by atoms with van der Waals surface area (Å²) >= 11 is 0. The number of para-hydroxylation sites is 1. The molecule has 0 aliphatic heterocycles. The summed E-state index contributed by atoms with van der Waals surface area (Å²) in [5.74, 6) is -0.0157. The van der Waals surface area contributed by atoms with Gasteiger partial charge in [-0.25, -0.2) is 0 Å². The van der Waals surface area contributed by atoms with Crippen LogP contribution in [0.25, 0.3) is 0 Å². The molecule has 0 spiro atoms. The van der Waals surface area contributed by atoms with Gasteiger partial charge in [-0.15, -0.1) is 0 Å². The quantitative estimate of drug-likeness (QED) is 0.876. The average Bonchev–Trinajstić information content (AvgIpc) is 3.40. The SMILES string of the molecule is COc1ccc(NC(=O)C2CC2C(=O)Nc2c(C)cccc2C)cc1. The van der Waals surface area contributed by atoms with Gasteiger partial charge in [0.25, 0.3) is 0 Å². The summed E-state index contributed by atoms with van der Waals surface area (Å²) < 4.78 is 5.09. The molecule has 1 aliphatic rings. The van der Waals surface area contributed by atoms with Crippen LogP contribution in [0.1, 0.15) is 17.5 Å². The van der Waals surface area contributed by atoms with E-state index in [0.717, 1.165) is 22.6 Å². The van der Waals surface area contributed by atoms with E-state index >= 15 is 0 Å². The number of benzene rings is 2. The Morgan fingerprint density at radius 1 is 0.920 bits per heavy atom. The minimum Gasteiger partial charge on any atom is -0.497 e. The van der Waals surface area contributed by atoms with Crippen molar-refractivity contribution in [2.24, 2.45) is 11.8 Å². The molecule has 0 bridgehead atoms. The van der Waals surface area contributed by atoms with Crippen LogP contribution in [-0.2, 0) is 9.59 Å². The summed E-state index contributed by atoms with van der Waals surface area (Å²) in [6.45, 7) is 3.92. The molecule has 3 rings (SSSR count). The second kappa shape index (κ2) is 6.97. The van der Waals surface area contributed by atoms with E-state index < -0.39 is 0 Å². The molecule has 1 saturated carbocycles. The fourth-order valence-electron chi connectivity index (χ4n) is 2.91. The van der Waals surface area contributed by atoms with Crippen LogP contribution in [0.15, 0.2) is 42.5 Å². The third-order valence-electron chi connectivity index (χ3n) is 4.55. The molecule has 0 saturated heterocycles. The molecule has 2 atom stereocenters. The van der Waals surface area contributed by atoms with Crippen molar-refractivity contribution in [2.75, 3.05) is 17.7 Å². The van der Waals surface area contributed by atoms with Crippen molar-refractivity contribution in [3.05, 3.63) is 53.6 Å². The van der Waals surface area contributed by atoms with Crippen LogP contribution in [0.5, 0.6) is 5.75 Å². The molecule has 2 unspecified atom stereocenters. The number of aryl methyl sites for hydroxylation is 2. The number of hydrogen-bond donors (Lipinski definition) is 2. The van der Waals surface area contributed by atoms with Crippen LogP contribution in [-0.4, -0.2) is 18.9 Å². The van der Waals surface area contributed by atoms with Gasteiger partial charge in [0.1, 0.15) is 5.75 Å². The number of ether oxygens (including phenoxy) is 1. The molecule has 5 heteroatoms. The van der Waals surface area contributed by atoms with Gasteiger partial charge in [-0.1, -0.05) is 18.2 Å². The Labute approximate surface area is 147 Å². The van der Waals surface area contributed by atoms with Crippen molar-refractivity contribution in [1.82, 2.24) is 0 Å². The standard InChI is InChI=1S/C20H22N2O3/c1-12-5-4-6-13(2)18(12)22-20(24)17-11-16(17)19(23)21-14-7-9-15(25-3)10-8-14/h4-10,16-17H,11H2,1-3H3,(H,21,23)(H,22,24). The monoisotopic (exact) mass is 338 g/mol. The number of rotatable bonds is 5. The molecule has 1 aliphatic carbocycles. The normalized spacial score (nSPS) is 18.4. The maximum Gasteiger partial charge on any atom is 0.228 e. The lowest BCUT2D eigenvalue weighted by Gasteiger charge is -2.11. The second-order valence-electron chi connectivity index (χ2n) is 6.42. The average molecular weight is 338 g/mol. The highest BCUT2D eigenvalue weighted by Gasteiger charge is 2.48. The zero-order valence-electron chi connectivity index (χ0n) is 14.6. The topological polar surface area (TPSA) is 67.4 Å². The molecule has 25 heavy (non-hydrogen) atoms. The van der Waals surface area contributed by atoms with Crippen molar-refractivity contribution < 1.29 is 14.3 Å². The predicted octanol–water partition coefficient (Wildman–Crippen LogP) is 3.53. The first-order chi connectivity index (χ1) is 12.0. The summed E-state index contributed by atoms with van der Waals surface area (Å²) in [7, 11) is 1.59. The lowest BCUT2D eigenvalue weighted by molar-refractivity contribution is -0.122. The van der Waals surface area contributed by atoms with E-state index in [1.165, 1.54) is 0 Å². The molecule has 2 aromatic carbocycles. The van der Waals surface area contributed by atoms with Gasteiger partial charge >= 0.3 is 0 Å². The van der Waals surface area contributed by atoms with Gasteiger partial charge in [0, 0.05) is 11.4 Å². The number of anilines is 2. The largest absolute Gasteiger partial charge is 0.497 e. The fourth-order valence-corrected chi connectivity index (χ4v) is 2.91. The van der Waals surface area contributed by atoms with Crippen LogP contribution in [0.4, 0.5) is 11.4 Å². The number of amides is 2. The molecule has 0 aromatic heterocycles. The fraction of sp³-hybridized carbons (Fsp3) is 0.300. The molecule has 0 radical (unpaired) electrons. The molecule has 5 nitrogen and oxygen atoms in total. The van der Waals surface area contributed by atoms with Gasteiger partial charge in [-0.05, 0) is 55.7 Å². The van der Waals surface area contributed by atoms with Crippen LogP contribution in [0.2, 0.25) is 0 Å². The van der Waals surface area contributed by atoms with Crippen molar-refractivity contribution in [3.8, 4) is 5.75 Å². The smallest absolute Gasteiger partial charge is 0.228 e. The van der Waals surface area contributed by atoms with E-state index in [9.17, 15) is 9.59 Å². The molecule has 130 valence electrons. The number of nitrogens with one attached hydrogen (secondary N) is 2. The Morgan fingerprint density at radius 3 is 2.04 bits per heavy atom. The zero-order chi connectivity index (χ0) is 18.0. The highest BCUT2D eigenvalue weighted by molar-refractivity contribution is 6.03. The summed E-state index contributed by atoms with van der Waals surface area (Å²) in [5, 5.41) is 5.82. The van der Waals surface area contributed by atoms with E-state index in [0.29, 0.717) is 12.1 Å². The van der Waals surface area contributed by atoms with Crippen molar-refractivity contribution >= 4 is 23.2 Å². The third kappa shape index (κ3) is 3.82. The first kappa shape index (κ1) is 17.0. The molecule has 2 N–H and O–H groups in total. The van der Waals surface area contributed by atoms with Gasteiger partial charge in [-0.2, -0.15) is 0 Å². The summed E-state index contributed by atoms with van der Waals surface area (Å²) in [4.78, 5) is 24.7. The molecule has 2 aromatic rings. The Hall–Kier alpha value is -2.82. The molecular weight excluding hydrogens is 316 g/mol. The number of methoxy groups -OCH3 is 1. The Bertz CT molecular complexity index is 779. The van der Waals surface area contributed by atoms with Gasteiger partial charge in [-0.3, -0.25) is 9.59 Å². The first-order valence-corrected chi connectivity index (χ1v) is 8.31. The lowest BCUT2D eigenvalue weighted by atomic mass is 10.1. The zero-order valence-corrected chi connectivity index (χ0v) is 14.6. The van der Waals surface area contributed by atoms with Gasteiger partial charge in [0.05, 0.1) is 18.9 Å². The van der Waals surface area contributed by atoms with Gasteiger partial charge in [0.2, 0.25) is 11.8 Å². The maximum absolute atomic E-state index is 12.4. The van der Waals surface area contributed by atoms with E-state index in [1.54, 1.807) is 31.4 Å². The van der Waals surface area contributed by atoms with Crippen LogP contribution < -0.4 is 15.4 Å². The van der Waals surface area contributed by atoms with Crippen LogP contribution in [0.3, 0.4) is 0 Å². The lowest BCUT2D eigenvalue weighted by Crippen LogP contribution is -2.21.